The largest absolute Gasteiger partial charge is 0.504 e. The molecule has 0 aliphatic heterocycles. The van der Waals surface area contributed by atoms with Crippen molar-refractivity contribution in [1.29, 1.82) is 0 Å². The number of phenolic OH excluding ortho intramolecular Hbond substituents is 1. The molecule has 0 aliphatic rings. The van der Waals surface area contributed by atoms with Crippen LogP contribution in [0.2, 0.25) is 0 Å². The first-order valence-corrected chi connectivity index (χ1v) is 5.49. The van der Waals surface area contributed by atoms with Crippen molar-refractivity contribution in [2.45, 2.75) is 20.3 Å². The number of aromatic hydroxyl groups is 1. The van der Waals surface area contributed by atoms with Crippen LogP contribution in [0.25, 0.3) is 0 Å². The lowest BCUT2D eigenvalue weighted by atomic mass is 9.85. The van der Waals surface area contributed by atoms with Crippen LogP contribution >= 0.6 is 0 Å². The Labute approximate surface area is 106 Å². The van der Waals surface area contributed by atoms with E-state index in [-0.39, 0.29) is 12.2 Å². The van der Waals surface area contributed by atoms with Gasteiger partial charge in [-0.1, -0.05) is 0 Å². The summed E-state index contributed by atoms with van der Waals surface area (Å²) in [5, 5.41) is 18.8. The number of rotatable bonds is 5. The van der Waals surface area contributed by atoms with Crippen LogP contribution < -0.4 is 9.47 Å². The molecular formula is C13H18O5. The normalized spacial score (nSPS) is 11.1. The number of carbonyl (C=O) groups is 1. The lowest BCUT2D eigenvalue weighted by Gasteiger charge is -2.21. The fourth-order valence-electron chi connectivity index (χ4n) is 1.64. The average molecular weight is 254 g/mol. The molecule has 5 nitrogen and oxygen atoms in total. The number of benzene rings is 1. The van der Waals surface area contributed by atoms with Gasteiger partial charge in [0.25, 0.3) is 0 Å². The zero-order valence-corrected chi connectivity index (χ0v) is 11.0. The number of methoxy groups -OCH3 is 2. The molecule has 0 saturated carbocycles. The van der Waals surface area contributed by atoms with Crippen LogP contribution in [0, 0.1) is 5.41 Å². The quantitative estimate of drug-likeness (QED) is 0.841. The van der Waals surface area contributed by atoms with Crippen molar-refractivity contribution in [3.8, 4) is 17.2 Å². The molecule has 1 rings (SSSR count). The molecule has 0 spiro atoms. The lowest BCUT2D eigenvalue weighted by molar-refractivity contribution is -0.146. The van der Waals surface area contributed by atoms with Crippen LogP contribution in [0.1, 0.15) is 19.4 Å². The van der Waals surface area contributed by atoms with Crippen molar-refractivity contribution in [3.63, 3.8) is 0 Å². The summed E-state index contributed by atoms with van der Waals surface area (Å²) in [5.41, 5.74) is -0.308. The third-order valence-corrected chi connectivity index (χ3v) is 2.79. The summed E-state index contributed by atoms with van der Waals surface area (Å²) in [6.45, 7) is 3.24. The van der Waals surface area contributed by atoms with Crippen molar-refractivity contribution in [1.82, 2.24) is 0 Å². The Morgan fingerprint density at radius 3 is 2.22 bits per heavy atom. The first-order chi connectivity index (χ1) is 8.31. The Morgan fingerprint density at radius 2 is 1.78 bits per heavy atom. The smallest absolute Gasteiger partial charge is 0.309 e. The van der Waals surface area contributed by atoms with Crippen molar-refractivity contribution < 1.29 is 24.5 Å². The number of carboxylic acids is 1. The number of hydrogen-bond acceptors (Lipinski definition) is 4. The number of hydrogen-bond donors (Lipinski definition) is 2. The SMILES string of the molecule is COc1cc(OC)c(CC(C)(C)C(=O)O)cc1O. The molecule has 0 unspecified atom stereocenters. The second-order valence-electron chi connectivity index (χ2n) is 4.70. The first kappa shape index (κ1) is 14.2. The highest BCUT2D eigenvalue weighted by molar-refractivity contribution is 5.74. The van der Waals surface area contributed by atoms with Gasteiger partial charge in [-0.05, 0) is 31.9 Å². The van der Waals surface area contributed by atoms with Crippen LogP contribution in [0.3, 0.4) is 0 Å². The van der Waals surface area contributed by atoms with Gasteiger partial charge in [0.2, 0.25) is 0 Å². The van der Waals surface area contributed by atoms with E-state index in [9.17, 15) is 9.90 Å². The molecule has 1 aromatic carbocycles. The van der Waals surface area contributed by atoms with Crippen LogP contribution in [0.5, 0.6) is 17.2 Å². The van der Waals surface area contributed by atoms with Gasteiger partial charge in [0.05, 0.1) is 19.6 Å². The highest BCUT2D eigenvalue weighted by Crippen LogP contribution is 2.36. The van der Waals surface area contributed by atoms with Crippen LogP contribution in [-0.2, 0) is 11.2 Å². The lowest BCUT2D eigenvalue weighted by Crippen LogP contribution is -2.26. The Kier molecular flexibility index (Phi) is 4.06. The molecular weight excluding hydrogens is 236 g/mol. The van der Waals surface area contributed by atoms with Gasteiger partial charge in [0.1, 0.15) is 5.75 Å². The van der Waals surface area contributed by atoms with Crippen molar-refractivity contribution in [2.24, 2.45) is 5.41 Å². The number of carboxylic acid groups (broad SMARTS) is 1. The molecule has 0 heterocycles. The highest BCUT2D eigenvalue weighted by Gasteiger charge is 2.29. The van der Waals surface area contributed by atoms with Gasteiger partial charge in [-0.2, -0.15) is 0 Å². The molecule has 0 atom stereocenters. The molecule has 0 amide bonds. The Morgan fingerprint density at radius 1 is 1.22 bits per heavy atom. The van der Waals surface area contributed by atoms with E-state index in [1.807, 2.05) is 0 Å². The van der Waals surface area contributed by atoms with E-state index >= 15 is 0 Å². The maximum absolute atomic E-state index is 11.1. The van der Waals surface area contributed by atoms with Crippen molar-refractivity contribution in [3.05, 3.63) is 17.7 Å². The molecule has 0 aromatic heterocycles. The molecule has 100 valence electrons. The van der Waals surface area contributed by atoms with E-state index in [2.05, 4.69) is 0 Å². The van der Waals surface area contributed by atoms with Gasteiger partial charge >= 0.3 is 5.97 Å². The van der Waals surface area contributed by atoms with Gasteiger partial charge in [0, 0.05) is 6.07 Å². The molecule has 0 saturated heterocycles. The monoisotopic (exact) mass is 254 g/mol. The fraction of sp³-hybridized carbons (Fsp3) is 0.462. The van der Waals surface area contributed by atoms with Gasteiger partial charge in [-0.15, -0.1) is 0 Å². The number of ether oxygens (including phenoxy) is 2. The first-order valence-electron chi connectivity index (χ1n) is 5.49. The summed E-state index contributed by atoms with van der Waals surface area (Å²) in [4.78, 5) is 11.1. The van der Waals surface area contributed by atoms with E-state index in [1.165, 1.54) is 20.3 Å². The molecule has 0 aliphatic carbocycles. The number of aliphatic carboxylic acids is 1. The number of phenols is 1. The third-order valence-electron chi connectivity index (χ3n) is 2.79. The highest BCUT2D eigenvalue weighted by atomic mass is 16.5. The summed E-state index contributed by atoms with van der Waals surface area (Å²) in [5.74, 6) is -0.142. The topological polar surface area (TPSA) is 76.0 Å². The predicted octanol–water partition coefficient (Wildman–Crippen LogP) is 2.06. The van der Waals surface area contributed by atoms with Crippen LogP contribution in [0.4, 0.5) is 0 Å². The minimum atomic E-state index is -0.936. The second kappa shape index (κ2) is 5.16. The molecule has 5 heteroatoms. The Bertz CT molecular complexity index is 451. The Balaban J connectivity index is 3.16. The van der Waals surface area contributed by atoms with Gasteiger partial charge in [0.15, 0.2) is 11.5 Å². The Hall–Kier alpha value is -1.91. The van der Waals surface area contributed by atoms with E-state index in [1.54, 1.807) is 19.9 Å². The molecule has 18 heavy (non-hydrogen) atoms. The molecule has 0 fully saturated rings. The summed E-state index contributed by atoms with van der Waals surface area (Å²) < 4.78 is 10.2. The van der Waals surface area contributed by atoms with Crippen LogP contribution in [0.15, 0.2) is 12.1 Å². The average Bonchev–Trinajstić information content (AvgIpc) is 2.28. The van der Waals surface area contributed by atoms with Gasteiger partial charge in [-0.3, -0.25) is 4.79 Å². The standard InChI is InChI=1S/C13H18O5/c1-13(2,12(15)16)7-8-5-9(14)11(18-4)6-10(8)17-3/h5-6,14H,7H2,1-4H3,(H,15,16). The summed E-state index contributed by atoms with van der Waals surface area (Å²) in [6.07, 6.45) is 0.253. The molecule has 0 bridgehead atoms. The fourth-order valence-corrected chi connectivity index (χ4v) is 1.64. The molecule has 0 radical (unpaired) electrons. The van der Waals surface area contributed by atoms with Gasteiger partial charge in [-0.25, -0.2) is 0 Å². The van der Waals surface area contributed by atoms with E-state index in [0.717, 1.165) is 0 Å². The maximum atomic E-state index is 11.1. The van der Waals surface area contributed by atoms with Crippen molar-refractivity contribution in [2.75, 3.05) is 14.2 Å². The zero-order chi connectivity index (χ0) is 13.9. The van der Waals surface area contributed by atoms with E-state index in [0.29, 0.717) is 17.1 Å². The van der Waals surface area contributed by atoms with E-state index < -0.39 is 11.4 Å². The van der Waals surface area contributed by atoms with Crippen LogP contribution in [-0.4, -0.2) is 30.4 Å². The van der Waals surface area contributed by atoms with E-state index in [4.69, 9.17) is 14.6 Å². The summed E-state index contributed by atoms with van der Waals surface area (Å²) in [7, 11) is 2.93. The summed E-state index contributed by atoms with van der Waals surface area (Å²) in [6, 6.07) is 3.02. The summed E-state index contributed by atoms with van der Waals surface area (Å²) >= 11 is 0. The van der Waals surface area contributed by atoms with Crippen molar-refractivity contribution >= 4 is 5.97 Å². The third kappa shape index (κ3) is 2.85. The zero-order valence-electron chi connectivity index (χ0n) is 11.0. The minimum Gasteiger partial charge on any atom is -0.504 e. The minimum absolute atomic E-state index is 0.0329. The molecule has 1 aromatic rings. The van der Waals surface area contributed by atoms with Gasteiger partial charge < -0.3 is 19.7 Å². The molecule has 2 N–H and O–H groups in total. The predicted molar refractivity (Wildman–Crippen MR) is 66.3 cm³/mol. The maximum Gasteiger partial charge on any atom is 0.309 e. The second-order valence-corrected chi connectivity index (χ2v) is 4.70.